The molecule has 7 nitrogen and oxygen atoms in total. The molecule has 0 radical (unpaired) electrons. The number of hydrazine groups is 1. The third-order valence-corrected chi connectivity index (χ3v) is 6.56. The molecule has 194 valence electrons. The zero-order valence-electron chi connectivity index (χ0n) is 22.1. The van der Waals surface area contributed by atoms with Crippen molar-refractivity contribution >= 4 is 29.5 Å². The third kappa shape index (κ3) is 15.0. The van der Waals surface area contributed by atoms with Crippen LogP contribution in [0, 0.1) is 5.92 Å². The van der Waals surface area contributed by atoms with E-state index in [1.807, 2.05) is 13.8 Å². The number of carbonyl (C=O) groups is 3. The average molecular weight is 495 g/mol. The predicted octanol–water partition coefficient (Wildman–Crippen LogP) is 4.16. The molecule has 0 saturated carbocycles. The topological polar surface area (TPSA) is 113 Å². The number of rotatable bonds is 16. The van der Waals surface area contributed by atoms with Gasteiger partial charge in [0, 0.05) is 18.4 Å². The zero-order chi connectivity index (χ0) is 26.1. The Kier molecular flexibility index (Phi) is 17.2. The summed E-state index contributed by atoms with van der Waals surface area (Å²) in [5.74, 6) is 5.26. The molecule has 0 bridgehead atoms. The van der Waals surface area contributed by atoms with Crippen LogP contribution in [0.3, 0.4) is 0 Å². The quantitative estimate of drug-likeness (QED) is 0.0846. The van der Waals surface area contributed by atoms with Crippen molar-refractivity contribution in [2.75, 3.05) is 11.5 Å². The maximum absolute atomic E-state index is 12.7. The van der Waals surface area contributed by atoms with Gasteiger partial charge in [0.2, 0.25) is 11.8 Å². The molecule has 3 amide bonds. The molecule has 0 aliphatic carbocycles. The van der Waals surface area contributed by atoms with Crippen LogP contribution in [0.25, 0.3) is 0 Å². The first-order chi connectivity index (χ1) is 16.0. The largest absolute Gasteiger partial charge is 0.344 e. The monoisotopic (exact) mass is 494 g/mol. The predicted molar refractivity (Wildman–Crippen MR) is 144 cm³/mol. The summed E-state index contributed by atoms with van der Waals surface area (Å²) in [4.78, 5) is 36.5. The van der Waals surface area contributed by atoms with Crippen molar-refractivity contribution in [2.45, 2.75) is 92.7 Å². The van der Waals surface area contributed by atoms with Gasteiger partial charge in [0.1, 0.15) is 12.1 Å². The van der Waals surface area contributed by atoms with E-state index in [9.17, 15) is 14.4 Å². The van der Waals surface area contributed by atoms with E-state index in [1.165, 1.54) is 23.6 Å². The molecule has 5 N–H and O–H groups in total. The minimum absolute atomic E-state index is 0.0614. The van der Waals surface area contributed by atoms with E-state index in [-0.39, 0.29) is 17.7 Å². The van der Waals surface area contributed by atoms with E-state index in [4.69, 9.17) is 5.84 Å². The van der Waals surface area contributed by atoms with Crippen LogP contribution in [0.1, 0.15) is 80.6 Å². The van der Waals surface area contributed by atoms with Crippen molar-refractivity contribution in [1.82, 2.24) is 16.1 Å². The molecule has 0 aromatic rings. The van der Waals surface area contributed by atoms with Crippen LogP contribution >= 0.6 is 11.8 Å². The lowest BCUT2D eigenvalue weighted by atomic mass is 9.98. The van der Waals surface area contributed by atoms with Crippen LogP contribution in [0.4, 0.5) is 0 Å². The van der Waals surface area contributed by atoms with Crippen LogP contribution < -0.4 is 21.9 Å². The fourth-order valence-corrected chi connectivity index (χ4v) is 4.20. The molecule has 0 aliphatic heterocycles. The first kappa shape index (κ1) is 31.9. The van der Waals surface area contributed by atoms with Crippen LogP contribution in [0.5, 0.6) is 0 Å². The van der Waals surface area contributed by atoms with Gasteiger partial charge < -0.3 is 10.6 Å². The van der Waals surface area contributed by atoms with Crippen molar-refractivity contribution in [3.05, 3.63) is 34.9 Å². The van der Waals surface area contributed by atoms with Crippen molar-refractivity contribution in [3.8, 4) is 0 Å². The van der Waals surface area contributed by atoms with Gasteiger partial charge in [-0.25, -0.2) is 5.84 Å². The van der Waals surface area contributed by atoms with E-state index in [1.54, 1.807) is 11.8 Å². The van der Waals surface area contributed by atoms with Crippen LogP contribution in [0.2, 0.25) is 0 Å². The summed E-state index contributed by atoms with van der Waals surface area (Å²) >= 11 is 1.55. The second-order valence-electron chi connectivity index (χ2n) is 9.13. The summed E-state index contributed by atoms with van der Waals surface area (Å²) in [7, 11) is 0. The highest BCUT2D eigenvalue weighted by atomic mass is 32.2. The molecule has 3 atom stereocenters. The molecule has 0 rings (SSSR count). The standard InChI is InChI=1S/C26H46N4O3S/c1-8-21(6)24(28-22(7)31)26(33)29-23(25(32)30-27)17-34-16-15-20(5)14-10-13-19(4)12-9-11-18(2)3/h11,13,15,21,23-24H,8-10,12,14,16-17,27H2,1-7H3,(H,28,31)(H,29,33)(H,30,32)/t21-,23+,24-/m1/s1. The van der Waals surface area contributed by atoms with E-state index in [0.717, 1.165) is 37.9 Å². The van der Waals surface area contributed by atoms with Crippen LogP contribution in [-0.2, 0) is 14.4 Å². The molecular formula is C26H46N4O3S. The minimum atomic E-state index is -0.775. The summed E-state index contributed by atoms with van der Waals surface area (Å²) in [6, 6.07) is -1.47. The molecule has 0 aromatic carbocycles. The van der Waals surface area contributed by atoms with E-state index in [0.29, 0.717) is 5.75 Å². The molecule has 0 heterocycles. The van der Waals surface area contributed by atoms with Crippen LogP contribution in [-0.4, -0.2) is 41.3 Å². The van der Waals surface area contributed by atoms with Gasteiger partial charge in [0.25, 0.3) is 5.91 Å². The SMILES string of the molecule is CC[C@@H](C)[C@@H](NC(C)=O)C(=O)N[C@@H](CSCC=C(C)CCC=C(C)CCC=C(C)C)C(=O)NN. The van der Waals surface area contributed by atoms with E-state index < -0.39 is 18.0 Å². The smallest absolute Gasteiger partial charge is 0.257 e. The highest BCUT2D eigenvalue weighted by Crippen LogP contribution is 2.14. The average Bonchev–Trinajstić information content (AvgIpc) is 2.77. The maximum Gasteiger partial charge on any atom is 0.257 e. The lowest BCUT2D eigenvalue weighted by Crippen LogP contribution is -2.57. The molecule has 0 spiro atoms. The van der Waals surface area contributed by atoms with Gasteiger partial charge in [-0.15, -0.1) is 0 Å². The number of amides is 3. The van der Waals surface area contributed by atoms with Crippen molar-refractivity contribution in [2.24, 2.45) is 11.8 Å². The number of allylic oxidation sites excluding steroid dienone is 5. The Morgan fingerprint density at radius 1 is 0.882 bits per heavy atom. The Hall–Kier alpha value is -2.06. The van der Waals surface area contributed by atoms with Gasteiger partial charge in [-0.2, -0.15) is 11.8 Å². The summed E-state index contributed by atoms with van der Waals surface area (Å²) in [6.45, 7) is 13.8. The molecule has 8 heteroatoms. The minimum Gasteiger partial charge on any atom is -0.344 e. The normalized spacial score (nSPS) is 14.6. The maximum atomic E-state index is 12.7. The number of hydrogen-bond donors (Lipinski definition) is 4. The highest BCUT2D eigenvalue weighted by Gasteiger charge is 2.28. The Labute approximate surface area is 210 Å². The third-order valence-electron chi connectivity index (χ3n) is 5.59. The molecule has 34 heavy (non-hydrogen) atoms. The summed E-state index contributed by atoms with van der Waals surface area (Å²) in [5.41, 5.74) is 6.20. The van der Waals surface area contributed by atoms with Crippen molar-refractivity contribution < 1.29 is 14.4 Å². The number of carbonyl (C=O) groups excluding carboxylic acids is 3. The lowest BCUT2D eigenvalue weighted by molar-refractivity contribution is -0.132. The molecule has 0 unspecified atom stereocenters. The number of nitrogens with one attached hydrogen (secondary N) is 3. The van der Waals surface area contributed by atoms with Gasteiger partial charge in [-0.3, -0.25) is 19.8 Å². The van der Waals surface area contributed by atoms with Crippen LogP contribution in [0.15, 0.2) is 34.9 Å². The van der Waals surface area contributed by atoms with Gasteiger partial charge in [0.05, 0.1) is 0 Å². The van der Waals surface area contributed by atoms with Gasteiger partial charge >= 0.3 is 0 Å². The van der Waals surface area contributed by atoms with Gasteiger partial charge in [-0.1, -0.05) is 55.2 Å². The van der Waals surface area contributed by atoms with E-state index >= 15 is 0 Å². The zero-order valence-corrected chi connectivity index (χ0v) is 22.9. The fraction of sp³-hybridized carbons (Fsp3) is 0.654. The summed E-state index contributed by atoms with van der Waals surface area (Å²) in [6.07, 6.45) is 11.7. The first-order valence-corrected chi connectivity index (χ1v) is 13.3. The Balaban J connectivity index is 4.71. The molecule has 0 fully saturated rings. The Morgan fingerprint density at radius 3 is 2.00 bits per heavy atom. The summed E-state index contributed by atoms with van der Waals surface area (Å²) < 4.78 is 0. The molecule has 0 aromatic heterocycles. The Bertz CT molecular complexity index is 742. The Morgan fingerprint density at radius 2 is 1.47 bits per heavy atom. The summed E-state index contributed by atoms with van der Waals surface area (Å²) in [5, 5.41) is 5.43. The van der Waals surface area contributed by atoms with E-state index in [2.05, 4.69) is 62.0 Å². The molecule has 0 aliphatic rings. The second kappa shape index (κ2) is 18.3. The second-order valence-corrected chi connectivity index (χ2v) is 10.2. The highest BCUT2D eigenvalue weighted by molar-refractivity contribution is 7.99. The number of hydrogen-bond acceptors (Lipinski definition) is 5. The first-order valence-electron chi connectivity index (χ1n) is 12.1. The van der Waals surface area contributed by atoms with Gasteiger partial charge in [0.15, 0.2) is 0 Å². The van der Waals surface area contributed by atoms with Gasteiger partial charge in [-0.05, 0) is 59.3 Å². The van der Waals surface area contributed by atoms with Crippen molar-refractivity contribution in [1.29, 1.82) is 0 Å². The molecular weight excluding hydrogens is 448 g/mol. The lowest BCUT2D eigenvalue weighted by Gasteiger charge is -2.25. The molecule has 0 saturated heterocycles. The van der Waals surface area contributed by atoms with Crippen molar-refractivity contribution in [3.63, 3.8) is 0 Å². The number of thioether (sulfide) groups is 1. The number of nitrogens with two attached hydrogens (primary N) is 1. The fourth-order valence-electron chi connectivity index (χ4n) is 3.19.